The van der Waals surface area contributed by atoms with Crippen molar-refractivity contribution in [1.82, 2.24) is 20.1 Å². The Morgan fingerprint density at radius 1 is 1.21 bits per heavy atom. The summed E-state index contributed by atoms with van der Waals surface area (Å²) in [4.78, 5) is 15.4. The summed E-state index contributed by atoms with van der Waals surface area (Å²) in [5, 5.41) is 4.62. The normalized spacial score (nSPS) is 16.1. The second kappa shape index (κ2) is 11.0. The molecule has 0 unspecified atom stereocenters. The van der Waals surface area contributed by atoms with E-state index in [-0.39, 0.29) is 0 Å². The van der Waals surface area contributed by atoms with Crippen molar-refractivity contribution in [3.05, 3.63) is 58.1 Å². The number of hydrogen-bond donors (Lipinski definition) is 1. The van der Waals surface area contributed by atoms with Gasteiger partial charge in [0.1, 0.15) is 0 Å². The van der Waals surface area contributed by atoms with Crippen molar-refractivity contribution >= 4 is 23.4 Å². The molecular weight excluding hydrogens is 366 g/mol. The third-order valence-corrected chi connectivity index (χ3v) is 5.71. The fourth-order valence-corrected chi connectivity index (χ4v) is 4.02. The van der Waals surface area contributed by atoms with Gasteiger partial charge in [-0.1, -0.05) is 42.5 Å². The summed E-state index contributed by atoms with van der Waals surface area (Å²) in [6, 6.07) is 10.5. The number of nitrogens with one attached hydrogen (secondary N) is 1. The number of nitrogens with zero attached hydrogens (tertiary/aromatic N) is 4. The first-order valence-corrected chi connectivity index (χ1v) is 10.9. The third kappa shape index (κ3) is 6.46. The molecule has 3 rings (SSSR count). The molecule has 2 heterocycles. The van der Waals surface area contributed by atoms with Gasteiger partial charge in [-0.05, 0) is 19.4 Å². The van der Waals surface area contributed by atoms with E-state index in [4.69, 9.17) is 4.99 Å². The quantitative estimate of drug-likeness (QED) is 0.575. The summed E-state index contributed by atoms with van der Waals surface area (Å²) in [6.45, 7) is 11.1. The number of hydrogen-bond acceptors (Lipinski definition) is 4. The second-order valence-corrected chi connectivity index (χ2v) is 8.27. The lowest BCUT2D eigenvalue weighted by Gasteiger charge is -2.36. The molecule has 0 aliphatic carbocycles. The van der Waals surface area contributed by atoms with Gasteiger partial charge in [0.25, 0.3) is 0 Å². The van der Waals surface area contributed by atoms with E-state index < -0.39 is 0 Å². The molecule has 1 aliphatic heterocycles. The van der Waals surface area contributed by atoms with Gasteiger partial charge in [0.2, 0.25) is 0 Å². The van der Waals surface area contributed by atoms with Gasteiger partial charge in [-0.3, -0.25) is 9.89 Å². The maximum Gasteiger partial charge on any atom is 0.194 e. The zero-order valence-electron chi connectivity index (χ0n) is 17.0. The monoisotopic (exact) mass is 397 g/mol. The van der Waals surface area contributed by atoms with Gasteiger partial charge in [0.15, 0.2) is 5.96 Å². The minimum Gasteiger partial charge on any atom is -0.357 e. The van der Waals surface area contributed by atoms with E-state index >= 15 is 0 Å². The van der Waals surface area contributed by atoms with Crippen LogP contribution in [-0.4, -0.2) is 66.6 Å². The molecule has 2 aromatic rings. The Morgan fingerprint density at radius 2 is 2.00 bits per heavy atom. The van der Waals surface area contributed by atoms with Crippen LogP contribution in [0.15, 0.2) is 47.6 Å². The van der Waals surface area contributed by atoms with E-state index in [1.165, 1.54) is 15.4 Å². The average Bonchev–Trinajstić information content (AvgIpc) is 3.14. The zero-order chi connectivity index (χ0) is 19.6. The Labute approximate surface area is 172 Å². The highest BCUT2D eigenvalue weighted by atomic mass is 32.1. The SMILES string of the molecule is CCNC(=NCCc1ncc(C)s1)N1CCN(C/C=C/c2ccccc2)CC1. The average molecular weight is 398 g/mol. The van der Waals surface area contributed by atoms with Crippen LogP contribution in [0.1, 0.15) is 22.4 Å². The molecule has 0 atom stereocenters. The highest BCUT2D eigenvalue weighted by Crippen LogP contribution is 2.12. The van der Waals surface area contributed by atoms with Crippen LogP contribution in [0.3, 0.4) is 0 Å². The number of aliphatic imine (C=N–C) groups is 1. The van der Waals surface area contributed by atoms with Crippen molar-refractivity contribution in [2.75, 3.05) is 45.8 Å². The van der Waals surface area contributed by atoms with Crippen molar-refractivity contribution in [2.45, 2.75) is 20.3 Å². The number of aromatic nitrogens is 1. The van der Waals surface area contributed by atoms with Crippen LogP contribution in [-0.2, 0) is 6.42 Å². The van der Waals surface area contributed by atoms with Gasteiger partial charge in [-0.25, -0.2) is 4.98 Å². The summed E-state index contributed by atoms with van der Waals surface area (Å²) < 4.78 is 0. The fraction of sp³-hybridized carbons (Fsp3) is 0.455. The van der Waals surface area contributed by atoms with E-state index in [9.17, 15) is 0 Å². The van der Waals surface area contributed by atoms with Gasteiger partial charge in [-0.2, -0.15) is 0 Å². The van der Waals surface area contributed by atoms with Crippen LogP contribution >= 0.6 is 11.3 Å². The van der Waals surface area contributed by atoms with Crippen molar-refractivity contribution < 1.29 is 0 Å². The predicted molar refractivity (Wildman–Crippen MR) is 120 cm³/mol. The van der Waals surface area contributed by atoms with Crippen LogP contribution in [0.25, 0.3) is 6.08 Å². The van der Waals surface area contributed by atoms with Gasteiger partial charge >= 0.3 is 0 Å². The number of aryl methyl sites for hydroxylation is 1. The molecule has 0 spiro atoms. The molecule has 5 nitrogen and oxygen atoms in total. The third-order valence-electron chi connectivity index (χ3n) is 4.74. The predicted octanol–water partition coefficient (Wildman–Crippen LogP) is 3.29. The molecule has 150 valence electrons. The lowest BCUT2D eigenvalue weighted by molar-refractivity contribution is 0.194. The standard InChI is InChI=1S/C22H31N5S/c1-3-23-22(24-12-11-21-25-18-19(2)28-21)27-16-14-26(15-17-27)13-7-10-20-8-5-4-6-9-20/h4-10,18H,3,11-17H2,1-2H3,(H,23,24)/b10-7+. The lowest BCUT2D eigenvalue weighted by atomic mass is 10.2. The number of benzene rings is 1. The molecule has 1 fully saturated rings. The maximum atomic E-state index is 4.83. The van der Waals surface area contributed by atoms with E-state index in [1.54, 1.807) is 11.3 Å². The molecule has 0 saturated carbocycles. The Balaban J connectivity index is 1.45. The Hall–Kier alpha value is -2.18. The number of rotatable bonds is 7. The molecule has 1 aliphatic rings. The smallest absolute Gasteiger partial charge is 0.194 e. The minimum atomic E-state index is 0.787. The Bertz CT molecular complexity index is 760. The van der Waals surface area contributed by atoms with Crippen LogP contribution in [0.4, 0.5) is 0 Å². The van der Waals surface area contributed by atoms with E-state index in [1.807, 2.05) is 6.20 Å². The first-order chi connectivity index (χ1) is 13.7. The molecule has 0 radical (unpaired) electrons. The molecule has 28 heavy (non-hydrogen) atoms. The number of piperazine rings is 1. The first kappa shape index (κ1) is 20.6. The second-order valence-electron chi connectivity index (χ2n) is 6.95. The highest BCUT2D eigenvalue weighted by molar-refractivity contribution is 7.11. The summed E-state index contributed by atoms with van der Waals surface area (Å²) in [5.74, 6) is 1.04. The molecule has 0 bridgehead atoms. The lowest BCUT2D eigenvalue weighted by Crippen LogP contribution is -2.52. The van der Waals surface area contributed by atoms with Crippen LogP contribution < -0.4 is 5.32 Å². The van der Waals surface area contributed by atoms with E-state index in [0.29, 0.717) is 0 Å². The van der Waals surface area contributed by atoms with Crippen LogP contribution in [0, 0.1) is 6.92 Å². The number of thiazole rings is 1. The molecule has 1 aromatic heterocycles. The van der Waals surface area contributed by atoms with E-state index in [2.05, 4.69) is 76.4 Å². The summed E-state index contributed by atoms with van der Waals surface area (Å²) in [7, 11) is 0. The fourth-order valence-electron chi connectivity index (χ4n) is 3.24. The Morgan fingerprint density at radius 3 is 2.68 bits per heavy atom. The summed E-state index contributed by atoms with van der Waals surface area (Å²) >= 11 is 1.77. The highest BCUT2D eigenvalue weighted by Gasteiger charge is 2.18. The zero-order valence-corrected chi connectivity index (χ0v) is 17.8. The summed E-state index contributed by atoms with van der Waals surface area (Å²) in [6.07, 6.45) is 7.33. The topological polar surface area (TPSA) is 43.8 Å². The molecule has 6 heteroatoms. The van der Waals surface area contributed by atoms with Gasteiger partial charge in [0.05, 0.1) is 5.01 Å². The first-order valence-electron chi connectivity index (χ1n) is 10.1. The maximum absolute atomic E-state index is 4.83. The molecule has 1 aromatic carbocycles. The van der Waals surface area contributed by atoms with Crippen molar-refractivity contribution in [3.63, 3.8) is 0 Å². The molecule has 1 saturated heterocycles. The number of guanidine groups is 1. The molecular formula is C22H31N5S. The van der Waals surface area contributed by atoms with E-state index in [0.717, 1.165) is 58.2 Å². The van der Waals surface area contributed by atoms with Gasteiger partial charge in [-0.15, -0.1) is 11.3 Å². The van der Waals surface area contributed by atoms with Crippen molar-refractivity contribution in [2.24, 2.45) is 4.99 Å². The van der Waals surface area contributed by atoms with Gasteiger partial charge < -0.3 is 10.2 Å². The molecule has 0 amide bonds. The van der Waals surface area contributed by atoms with Crippen molar-refractivity contribution in [3.8, 4) is 0 Å². The summed E-state index contributed by atoms with van der Waals surface area (Å²) in [5.41, 5.74) is 1.26. The van der Waals surface area contributed by atoms with Gasteiger partial charge in [0, 0.05) is 63.3 Å². The largest absolute Gasteiger partial charge is 0.357 e. The van der Waals surface area contributed by atoms with Crippen molar-refractivity contribution in [1.29, 1.82) is 0 Å². The van der Waals surface area contributed by atoms with Crippen LogP contribution in [0.5, 0.6) is 0 Å². The van der Waals surface area contributed by atoms with Crippen LogP contribution in [0.2, 0.25) is 0 Å². The Kier molecular flexibility index (Phi) is 8.06. The molecule has 1 N–H and O–H groups in total. The minimum absolute atomic E-state index is 0.787.